The Labute approximate surface area is 138 Å². The second kappa shape index (κ2) is 6.03. The van der Waals surface area contributed by atoms with Gasteiger partial charge < -0.3 is 4.74 Å². The minimum atomic E-state index is 0.484. The van der Waals surface area contributed by atoms with E-state index in [1.165, 1.54) is 48.2 Å². The number of benzene rings is 1. The SMILES string of the molecule is CCCC[n+]1ccn(C2CCc3cc4c(cc32)OCC4)c1CC. The van der Waals surface area contributed by atoms with Crippen LogP contribution in [0.1, 0.15) is 61.7 Å². The van der Waals surface area contributed by atoms with Crippen LogP contribution in [-0.4, -0.2) is 11.2 Å². The Morgan fingerprint density at radius 3 is 2.96 bits per heavy atom. The lowest BCUT2D eigenvalue weighted by Crippen LogP contribution is -2.37. The standard InChI is InChI=1S/C20H27N2O/c1-3-5-9-21-10-11-22(20(21)4-2)18-7-6-15-13-16-8-12-23-19(16)14-17(15)18/h10-11,13-14,18H,3-9,12H2,1-2H3/q+1. The summed E-state index contributed by atoms with van der Waals surface area (Å²) >= 11 is 0. The highest BCUT2D eigenvalue weighted by molar-refractivity contribution is 5.48. The molecule has 1 unspecified atom stereocenters. The zero-order valence-electron chi connectivity index (χ0n) is 14.3. The zero-order valence-corrected chi connectivity index (χ0v) is 14.3. The number of ether oxygens (including phenoxy) is 1. The molecular weight excluding hydrogens is 284 g/mol. The molecule has 0 saturated heterocycles. The van der Waals surface area contributed by atoms with E-state index in [2.05, 4.69) is 47.5 Å². The third kappa shape index (κ3) is 2.46. The molecular formula is C20H27N2O+. The Morgan fingerprint density at radius 2 is 2.13 bits per heavy atom. The van der Waals surface area contributed by atoms with Crippen molar-refractivity contribution in [2.75, 3.05) is 6.61 Å². The molecule has 0 amide bonds. The van der Waals surface area contributed by atoms with Crippen LogP contribution in [0.15, 0.2) is 24.5 Å². The Hall–Kier alpha value is -1.77. The fourth-order valence-electron chi connectivity index (χ4n) is 4.23. The summed E-state index contributed by atoms with van der Waals surface area (Å²) in [6, 6.07) is 5.21. The Bertz CT molecular complexity index is 717. The highest BCUT2D eigenvalue weighted by atomic mass is 16.5. The number of hydrogen-bond acceptors (Lipinski definition) is 1. The van der Waals surface area contributed by atoms with Crippen molar-refractivity contribution in [3.05, 3.63) is 47.0 Å². The first-order valence-corrected chi connectivity index (χ1v) is 9.19. The van der Waals surface area contributed by atoms with E-state index >= 15 is 0 Å². The summed E-state index contributed by atoms with van der Waals surface area (Å²) < 4.78 is 10.8. The summed E-state index contributed by atoms with van der Waals surface area (Å²) in [6.07, 6.45) is 11.6. The van der Waals surface area contributed by atoms with Gasteiger partial charge in [0.15, 0.2) is 0 Å². The summed E-state index contributed by atoms with van der Waals surface area (Å²) in [5, 5.41) is 0. The molecule has 1 atom stereocenters. The van der Waals surface area contributed by atoms with E-state index < -0.39 is 0 Å². The number of fused-ring (bicyclic) bond motifs is 2. The highest BCUT2D eigenvalue weighted by Crippen LogP contribution is 2.40. The lowest BCUT2D eigenvalue weighted by molar-refractivity contribution is -0.704. The van der Waals surface area contributed by atoms with Crippen molar-refractivity contribution < 1.29 is 9.30 Å². The number of rotatable bonds is 5. The third-order valence-corrected chi connectivity index (χ3v) is 5.44. The Morgan fingerprint density at radius 1 is 1.22 bits per heavy atom. The van der Waals surface area contributed by atoms with Gasteiger partial charge in [0.05, 0.1) is 13.2 Å². The number of hydrogen-bond donors (Lipinski definition) is 0. The maximum absolute atomic E-state index is 5.81. The maximum atomic E-state index is 5.81. The van der Waals surface area contributed by atoms with Gasteiger partial charge in [-0.2, -0.15) is 0 Å². The summed E-state index contributed by atoms with van der Waals surface area (Å²) in [7, 11) is 0. The number of aromatic nitrogens is 2. The van der Waals surface area contributed by atoms with Crippen molar-refractivity contribution in [2.45, 2.75) is 65.0 Å². The fraction of sp³-hybridized carbons (Fsp3) is 0.550. The Balaban J connectivity index is 1.70. The zero-order chi connectivity index (χ0) is 15.8. The smallest absolute Gasteiger partial charge is 0.256 e. The first kappa shape index (κ1) is 14.8. The van der Waals surface area contributed by atoms with Gasteiger partial charge in [0.1, 0.15) is 24.2 Å². The molecule has 0 fully saturated rings. The number of unbranched alkanes of at least 4 members (excludes halogenated alkanes) is 1. The second-order valence-electron chi connectivity index (χ2n) is 6.83. The van der Waals surface area contributed by atoms with Gasteiger partial charge >= 0.3 is 0 Å². The summed E-state index contributed by atoms with van der Waals surface area (Å²) in [4.78, 5) is 0. The summed E-state index contributed by atoms with van der Waals surface area (Å²) in [6.45, 7) is 6.52. The number of nitrogens with zero attached hydrogens (tertiary/aromatic N) is 2. The van der Waals surface area contributed by atoms with Crippen LogP contribution in [0, 0.1) is 0 Å². The highest BCUT2D eigenvalue weighted by Gasteiger charge is 2.32. The molecule has 3 nitrogen and oxygen atoms in total. The summed E-state index contributed by atoms with van der Waals surface area (Å²) in [5.41, 5.74) is 4.43. The first-order valence-electron chi connectivity index (χ1n) is 9.19. The van der Waals surface area contributed by atoms with Crippen LogP contribution in [0.2, 0.25) is 0 Å². The monoisotopic (exact) mass is 311 g/mol. The van der Waals surface area contributed by atoms with Crippen LogP contribution in [0.4, 0.5) is 0 Å². The van der Waals surface area contributed by atoms with Crippen molar-refractivity contribution >= 4 is 0 Å². The van der Waals surface area contributed by atoms with Gasteiger partial charge in [0.2, 0.25) is 0 Å². The number of aryl methyl sites for hydroxylation is 2. The molecule has 2 aliphatic rings. The largest absolute Gasteiger partial charge is 0.493 e. The van der Waals surface area contributed by atoms with Gasteiger partial charge in [-0.25, -0.2) is 9.13 Å². The second-order valence-corrected chi connectivity index (χ2v) is 6.83. The van der Waals surface area contributed by atoms with Crippen molar-refractivity contribution in [2.24, 2.45) is 0 Å². The molecule has 23 heavy (non-hydrogen) atoms. The molecule has 2 heterocycles. The van der Waals surface area contributed by atoms with Crippen LogP contribution in [0.3, 0.4) is 0 Å². The molecule has 0 N–H and O–H groups in total. The average molecular weight is 311 g/mol. The van der Waals surface area contributed by atoms with E-state index in [1.54, 1.807) is 0 Å². The van der Waals surface area contributed by atoms with Gasteiger partial charge in [0, 0.05) is 18.4 Å². The normalized spacial score (nSPS) is 18.8. The minimum Gasteiger partial charge on any atom is -0.493 e. The molecule has 1 aromatic heterocycles. The van der Waals surface area contributed by atoms with Crippen LogP contribution >= 0.6 is 0 Å². The predicted octanol–water partition coefficient (Wildman–Crippen LogP) is 3.61. The van der Waals surface area contributed by atoms with Crippen molar-refractivity contribution in [3.63, 3.8) is 0 Å². The molecule has 1 aliphatic heterocycles. The van der Waals surface area contributed by atoms with E-state index in [0.29, 0.717) is 6.04 Å². The van der Waals surface area contributed by atoms with Crippen LogP contribution in [-0.2, 0) is 25.8 Å². The third-order valence-electron chi connectivity index (χ3n) is 5.44. The molecule has 0 spiro atoms. The van der Waals surface area contributed by atoms with E-state index in [1.807, 2.05) is 0 Å². The fourth-order valence-corrected chi connectivity index (χ4v) is 4.23. The van der Waals surface area contributed by atoms with Crippen LogP contribution in [0.25, 0.3) is 0 Å². The van der Waals surface area contributed by atoms with Gasteiger partial charge in [-0.15, -0.1) is 0 Å². The Kier molecular flexibility index (Phi) is 3.88. The van der Waals surface area contributed by atoms with Gasteiger partial charge in [0.25, 0.3) is 5.82 Å². The molecule has 4 rings (SSSR count). The molecule has 1 aliphatic carbocycles. The van der Waals surface area contributed by atoms with E-state index in [4.69, 9.17) is 4.74 Å². The van der Waals surface area contributed by atoms with Crippen LogP contribution in [0.5, 0.6) is 5.75 Å². The molecule has 3 heteroatoms. The van der Waals surface area contributed by atoms with Crippen molar-refractivity contribution in [1.29, 1.82) is 0 Å². The molecule has 1 aromatic carbocycles. The van der Waals surface area contributed by atoms with Gasteiger partial charge in [-0.1, -0.05) is 26.3 Å². The predicted molar refractivity (Wildman–Crippen MR) is 91.0 cm³/mol. The van der Waals surface area contributed by atoms with E-state index in [9.17, 15) is 0 Å². The van der Waals surface area contributed by atoms with Gasteiger partial charge in [-0.3, -0.25) is 0 Å². The molecule has 0 bridgehead atoms. The van der Waals surface area contributed by atoms with Gasteiger partial charge in [-0.05, 0) is 36.5 Å². The van der Waals surface area contributed by atoms with E-state index in [-0.39, 0.29) is 0 Å². The minimum absolute atomic E-state index is 0.484. The molecule has 0 saturated carbocycles. The van der Waals surface area contributed by atoms with E-state index in [0.717, 1.165) is 31.7 Å². The lowest BCUT2D eigenvalue weighted by Gasteiger charge is -2.12. The van der Waals surface area contributed by atoms with Crippen LogP contribution < -0.4 is 9.30 Å². The molecule has 0 radical (unpaired) electrons. The molecule has 2 aromatic rings. The quantitative estimate of drug-likeness (QED) is 0.772. The average Bonchev–Trinajstić information content (AvgIpc) is 3.27. The van der Waals surface area contributed by atoms with Crippen molar-refractivity contribution in [3.8, 4) is 5.75 Å². The first-order chi connectivity index (χ1) is 11.3. The molecule has 122 valence electrons. The maximum Gasteiger partial charge on any atom is 0.256 e. The topological polar surface area (TPSA) is 18.0 Å². The summed E-state index contributed by atoms with van der Waals surface area (Å²) in [5.74, 6) is 2.58. The lowest BCUT2D eigenvalue weighted by atomic mass is 10.0. The number of imidazole rings is 1. The van der Waals surface area contributed by atoms with Crippen molar-refractivity contribution in [1.82, 2.24) is 4.57 Å².